The minimum Gasteiger partial charge on any atom is -0.494 e. The molecule has 202 valence electrons. The molecule has 0 bridgehead atoms. The van der Waals surface area contributed by atoms with Gasteiger partial charge in [0, 0.05) is 29.6 Å². The van der Waals surface area contributed by atoms with Crippen molar-refractivity contribution in [2.24, 2.45) is 0 Å². The van der Waals surface area contributed by atoms with Crippen LogP contribution in [0.25, 0.3) is 10.9 Å². The van der Waals surface area contributed by atoms with Gasteiger partial charge in [-0.1, -0.05) is 36.8 Å². The number of aromatic nitrogens is 5. The van der Waals surface area contributed by atoms with Crippen molar-refractivity contribution >= 4 is 10.9 Å². The number of benzene rings is 2. The number of hydrogen-bond acceptors (Lipinski definition) is 7. The van der Waals surface area contributed by atoms with Gasteiger partial charge in [-0.15, -0.1) is 5.10 Å². The predicted octanol–water partition coefficient (Wildman–Crippen LogP) is 5.06. The molecule has 0 saturated carbocycles. The maximum absolute atomic E-state index is 13.2. The van der Waals surface area contributed by atoms with Crippen LogP contribution in [0.3, 0.4) is 0 Å². The average Bonchev–Trinajstić information content (AvgIpc) is 3.61. The Morgan fingerprint density at radius 2 is 2.00 bits per heavy atom. The lowest BCUT2D eigenvalue weighted by Crippen LogP contribution is -2.34. The van der Waals surface area contributed by atoms with Gasteiger partial charge < -0.3 is 14.1 Å². The molecule has 0 aliphatic heterocycles. The summed E-state index contributed by atoms with van der Waals surface area (Å²) in [5.74, 6) is 2.30. The van der Waals surface area contributed by atoms with E-state index in [2.05, 4.69) is 63.5 Å². The van der Waals surface area contributed by atoms with E-state index in [0.717, 1.165) is 47.6 Å². The van der Waals surface area contributed by atoms with Crippen LogP contribution >= 0.6 is 0 Å². The van der Waals surface area contributed by atoms with Crippen LogP contribution in [-0.4, -0.2) is 43.2 Å². The van der Waals surface area contributed by atoms with Crippen molar-refractivity contribution < 1.29 is 9.15 Å². The van der Waals surface area contributed by atoms with Gasteiger partial charge in [0.1, 0.15) is 18.1 Å². The minimum atomic E-state index is -0.107. The fraction of sp³-hybridized carbons (Fsp3) is 0.333. The van der Waals surface area contributed by atoms with E-state index >= 15 is 0 Å². The molecule has 0 spiro atoms. The number of hydrogen-bond donors (Lipinski definition) is 1. The molecule has 0 saturated heterocycles. The maximum atomic E-state index is 13.2. The topological polar surface area (TPSA) is 102 Å². The van der Waals surface area contributed by atoms with Gasteiger partial charge in [0.25, 0.3) is 5.56 Å². The third-order valence-corrected chi connectivity index (χ3v) is 6.92. The van der Waals surface area contributed by atoms with Crippen molar-refractivity contribution in [3.63, 3.8) is 0 Å². The number of furan rings is 1. The zero-order valence-corrected chi connectivity index (χ0v) is 22.6. The van der Waals surface area contributed by atoms with E-state index in [-0.39, 0.29) is 11.6 Å². The van der Waals surface area contributed by atoms with Crippen LogP contribution in [0.1, 0.15) is 54.6 Å². The third kappa shape index (κ3) is 6.26. The maximum Gasteiger partial charge on any atom is 0.252 e. The number of rotatable bonds is 12. The average molecular weight is 527 g/mol. The summed E-state index contributed by atoms with van der Waals surface area (Å²) in [6.45, 7) is 8.38. The molecule has 9 nitrogen and oxygen atoms in total. The number of aromatic amines is 1. The number of fused-ring (bicyclic) bond motifs is 1. The monoisotopic (exact) mass is 526 g/mol. The molecule has 0 radical (unpaired) electrons. The molecule has 0 unspecified atom stereocenters. The molecule has 0 aliphatic rings. The lowest BCUT2D eigenvalue weighted by molar-refractivity contribution is 0.172. The summed E-state index contributed by atoms with van der Waals surface area (Å²) in [6.07, 6.45) is 3.25. The number of pyridine rings is 1. The van der Waals surface area contributed by atoms with Crippen molar-refractivity contribution in [1.29, 1.82) is 0 Å². The molecule has 1 atom stereocenters. The fourth-order valence-electron chi connectivity index (χ4n) is 5.03. The van der Waals surface area contributed by atoms with Crippen LogP contribution in [0, 0.1) is 6.92 Å². The Balaban J connectivity index is 1.48. The van der Waals surface area contributed by atoms with Gasteiger partial charge in [0.05, 0.1) is 18.9 Å². The predicted molar refractivity (Wildman–Crippen MR) is 150 cm³/mol. The van der Waals surface area contributed by atoms with E-state index in [1.54, 1.807) is 10.9 Å². The molecule has 2 aromatic carbocycles. The molecule has 0 fully saturated rings. The first-order chi connectivity index (χ1) is 19.0. The fourth-order valence-corrected chi connectivity index (χ4v) is 5.03. The molecule has 0 aliphatic carbocycles. The molecule has 5 rings (SSSR count). The van der Waals surface area contributed by atoms with Gasteiger partial charge in [-0.3, -0.25) is 9.69 Å². The molecule has 5 aromatic rings. The van der Waals surface area contributed by atoms with E-state index < -0.39 is 0 Å². The number of tetrazole rings is 1. The van der Waals surface area contributed by atoms with Crippen molar-refractivity contribution in [2.75, 3.05) is 13.2 Å². The largest absolute Gasteiger partial charge is 0.494 e. The van der Waals surface area contributed by atoms with Crippen LogP contribution in [-0.2, 0) is 19.5 Å². The van der Waals surface area contributed by atoms with Crippen molar-refractivity contribution in [1.82, 2.24) is 30.1 Å². The van der Waals surface area contributed by atoms with E-state index in [0.29, 0.717) is 25.3 Å². The Morgan fingerprint density at radius 1 is 1.10 bits per heavy atom. The highest BCUT2D eigenvalue weighted by molar-refractivity contribution is 5.80. The number of aryl methyl sites for hydroxylation is 1. The van der Waals surface area contributed by atoms with Gasteiger partial charge in [-0.25, -0.2) is 4.68 Å². The Kier molecular flexibility index (Phi) is 8.17. The Hall–Kier alpha value is -4.24. The van der Waals surface area contributed by atoms with Gasteiger partial charge >= 0.3 is 0 Å². The number of ether oxygens (including phenoxy) is 1. The van der Waals surface area contributed by atoms with Gasteiger partial charge in [-0.05, 0) is 79.1 Å². The summed E-state index contributed by atoms with van der Waals surface area (Å²) in [6, 6.07) is 19.9. The Labute approximate surface area is 227 Å². The van der Waals surface area contributed by atoms with E-state index in [1.807, 2.05) is 43.3 Å². The summed E-state index contributed by atoms with van der Waals surface area (Å²) in [5.41, 5.74) is 3.84. The molecular weight excluding hydrogens is 492 g/mol. The molecule has 3 heterocycles. The zero-order chi connectivity index (χ0) is 27.2. The standard InChI is InChI=1S/C30H34N6O3/c1-4-28(29-32-33-34-36(29)20-26-10-7-15-39-26)35(14-13-22-9-6-8-21(3)16-22)19-24-17-23-18-25(38-5-2)11-12-27(23)31-30(24)37/h6-12,15-18,28H,4-5,13-14,19-20H2,1-3H3,(H,31,37)/t28-/m0/s1. The molecule has 39 heavy (non-hydrogen) atoms. The molecule has 1 N–H and O–H groups in total. The van der Waals surface area contributed by atoms with E-state index in [1.165, 1.54) is 11.1 Å². The normalized spacial score (nSPS) is 12.3. The Morgan fingerprint density at radius 3 is 2.77 bits per heavy atom. The highest BCUT2D eigenvalue weighted by atomic mass is 16.5. The first kappa shape index (κ1) is 26.4. The molecule has 9 heteroatoms. The first-order valence-electron chi connectivity index (χ1n) is 13.4. The lowest BCUT2D eigenvalue weighted by Gasteiger charge is -2.30. The van der Waals surface area contributed by atoms with E-state index in [9.17, 15) is 4.79 Å². The van der Waals surface area contributed by atoms with Crippen LogP contribution in [0.15, 0.2) is 76.1 Å². The highest BCUT2D eigenvalue weighted by Crippen LogP contribution is 2.26. The highest BCUT2D eigenvalue weighted by Gasteiger charge is 2.26. The quantitative estimate of drug-likeness (QED) is 0.242. The number of nitrogens with one attached hydrogen (secondary N) is 1. The second kappa shape index (κ2) is 12.1. The van der Waals surface area contributed by atoms with Crippen molar-refractivity contribution in [3.8, 4) is 5.75 Å². The lowest BCUT2D eigenvalue weighted by atomic mass is 10.1. The van der Waals surface area contributed by atoms with Crippen LogP contribution in [0.2, 0.25) is 0 Å². The summed E-state index contributed by atoms with van der Waals surface area (Å²) in [7, 11) is 0. The molecule has 3 aromatic heterocycles. The smallest absolute Gasteiger partial charge is 0.252 e. The van der Waals surface area contributed by atoms with Gasteiger partial charge in [-0.2, -0.15) is 0 Å². The van der Waals surface area contributed by atoms with Crippen LogP contribution < -0.4 is 10.3 Å². The second-order valence-electron chi connectivity index (χ2n) is 9.71. The van der Waals surface area contributed by atoms with Gasteiger partial charge in [0.15, 0.2) is 5.82 Å². The van der Waals surface area contributed by atoms with Crippen LogP contribution in [0.5, 0.6) is 5.75 Å². The van der Waals surface area contributed by atoms with Crippen LogP contribution in [0.4, 0.5) is 0 Å². The van der Waals surface area contributed by atoms with E-state index in [4.69, 9.17) is 9.15 Å². The van der Waals surface area contributed by atoms with Gasteiger partial charge in [0.2, 0.25) is 0 Å². The molecule has 0 amide bonds. The third-order valence-electron chi connectivity index (χ3n) is 6.92. The zero-order valence-electron chi connectivity index (χ0n) is 22.6. The van der Waals surface area contributed by atoms with Crippen molar-refractivity contribution in [3.05, 3.63) is 106 Å². The summed E-state index contributed by atoms with van der Waals surface area (Å²) in [5, 5.41) is 13.6. The minimum absolute atomic E-state index is 0.0998. The number of H-pyrrole nitrogens is 1. The molecular formula is C30H34N6O3. The number of nitrogens with zero attached hydrogens (tertiary/aromatic N) is 5. The SMILES string of the molecule is CCOc1ccc2[nH]c(=O)c(CN(CCc3cccc(C)c3)[C@@H](CC)c3nnnn3Cc3ccco3)cc2c1. The Bertz CT molecular complexity index is 1570. The summed E-state index contributed by atoms with van der Waals surface area (Å²) < 4.78 is 13.0. The second-order valence-corrected chi connectivity index (χ2v) is 9.71. The van der Waals surface area contributed by atoms with Crippen molar-refractivity contribution in [2.45, 2.75) is 52.7 Å². The first-order valence-corrected chi connectivity index (χ1v) is 13.4. The summed E-state index contributed by atoms with van der Waals surface area (Å²) >= 11 is 0. The summed E-state index contributed by atoms with van der Waals surface area (Å²) in [4.78, 5) is 18.6.